The summed E-state index contributed by atoms with van der Waals surface area (Å²) in [6.07, 6.45) is 0.932. The zero-order chi connectivity index (χ0) is 13.8. The van der Waals surface area contributed by atoms with Crippen LogP contribution in [0.15, 0.2) is 12.1 Å². The molecule has 0 aromatic heterocycles. The number of hydrogen-bond acceptors (Lipinski definition) is 3. The Morgan fingerprint density at radius 3 is 1.89 bits per heavy atom. The quantitative estimate of drug-likeness (QED) is 0.742. The zero-order valence-electron chi connectivity index (χ0n) is 12.3. The van der Waals surface area contributed by atoms with E-state index in [1.54, 1.807) is 21.3 Å². The number of aryl methyl sites for hydroxylation is 2. The summed E-state index contributed by atoms with van der Waals surface area (Å²) in [6, 6.07) is 5.15. The van der Waals surface area contributed by atoms with Crippen LogP contribution in [-0.2, 0) is 19.7 Å². The fourth-order valence-electron chi connectivity index (χ4n) is 2.23. The fraction of sp³-hybridized carbons (Fsp3) is 0.571. The first-order valence-electron chi connectivity index (χ1n) is 6.20. The van der Waals surface area contributed by atoms with E-state index in [2.05, 4.69) is 32.9 Å². The fourth-order valence-corrected chi connectivity index (χ4v) is 3.90. The molecule has 0 heterocycles. The lowest BCUT2D eigenvalue weighted by Gasteiger charge is -2.25. The lowest BCUT2D eigenvalue weighted by Crippen LogP contribution is -2.43. The number of hydrogen-bond donors (Lipinski definition) is 0. The molecule has 1 rings (SSSR count). The van der Waals surface area contributed by atoms with Gasteiger partial charge in [-0.2, -0.15) is 0 Å². The van der Waals surface area contributed by atoms with Gasteiger partial charge in [-0.3, -0.25) is 0 Å². The second kappa shape index (κ2) is 6.47. The van der Waals surface area contributed by atoms with Crippen molar-refractivity contribution in [3.05, 3.63) is 34.4 Å². The van der Waals surface area contributed by atoms with E-state index in [1.165, 1.54) is 22.3 Å². The zero-order valence-corrected chi connectivity index (χ0v) is 13.3. The lowest BCUT2D eigenvalue weighted by molar-refractivity contribution is 0.123. The van der Waals surface area contributed by atoms with Crippen LogP contribution in [0, 0.1) is 20.8 Å². The molecule has 0 aliphatic carbocycles. The first-order valence-corrected chi connectivity index (χ1v) is 8.14. The van der Waals surface area contributed by atoms with Crippen molar-refractivity contribution < 1.29 is 13.3 Å². The Kier molecular flexibility index (Phi) is 5.53. The number of benzene rings is 1. The highest BCUT2D eigenvalue weighted by Crippen LogP contribution is 2.23. The highest BCUT2D eigenvalue weighted by Gasteiger charge is 2.37. The summed E-state index contributed by atoms with van der Waals surface area (Å²) in [5.74, 6) is 0. The van der Waals surface area contributed by atoms with Crippen molar-refractivity contribution in [3.8, 4) is 0 Å². The van der Waals surface area contributed by atoms with Gasteiger partial charge >= 0.3 is 8.80 Å². The summed E-state index contributed by atoms with van der Waals surface area (Å²) in [7, 11) is 2.52. The molecule has 0 saturated heterocycles. The molecule has 18 heavy (non-hydrogen) atoms. The molecular weight excluding hydrogens is 244 g/mol. The van der Waals surface area contributed by atoms with Gasteiger partial charge in [-0.25, -0.2) is 0 Å². The van der Waals surface area contributed by atoms with Gasteiger partial charge in [-0.15, -0.1) is 0 Å². The number of rotatable bonds is 6. The van der Waals surface area contributed by atoms with Gasteiger partial charge in [-0.05, 0) is 49.4 Å². The Morgan fingerprint density at radius 2 is 1.39 bits per heavy atom. The molecule has 0 spiro atoms. The van der Waals surface area contributed by atoms with Crippen LogP contribution in [0.4, 0.5) is 0 Å². The molecule has 1 aromatic rings. The van der Waals surface area contributed by atoms with Crippen LogP contribution in [0.25, 0.3) is 0 Å². The molecule has 0 aliphatic heterocycles. The van der Waals surface area contributed by atoms with Crippen molar-refractivity contribution in [2.75, 3.05) is 21.3 Å². The Balaban J connectivity index is 2.89. The summed E-state index contributed by atoms with van der Waals surface area (Å²) < 4.78 is 16.4. The molecule has 0 radical (unpaired) electrons. The summed E-state index contributed by atoms with van der Waals surface area (Å²) in [6.45, 7) is 6.47. The maximum atomic E-state index is 5.46. The SMILES string of the molecule is CO[Si](CCc1c(C)ccc(C)c1C)(OC)OC. The van der Waals surface area contributed by atoms with Crippen LogP contribution in [0.1, 0.15) is 22.3 Å². The molecule has 3 nitrogen and oxygen atoms in total. The Morgan fingerprint density at radius 1 is 0.889 bits per heavy atom. The standard InChI is InChI=1S/C14H24O3Si/c1-11-7-8-12(2)14(13(11)3)9-10-18(15-4,16-5)17-6/h7-8H,9-10H2,1-6H3. The van der Waals surface area contributed by atoms with Gasteiger partial charge in [0.1, 0.15) is 0 Å². The molecule has 0 amide bonds. The van der Waals surface area contributed by atoms with E-state index in [1.807, 2.05) is 0 Å². The lowest BCUT2D eigenvalue weighted by atomic mass is 9.97. The van der Waals surface area contributed by atoms with Crippen molar-refractivity contribution in [1.82, 2.24) is 0 Å². The van der Waals surface area contributed by atoms with Gasteiger partial charge in [0.15, 0.2) is 0 Å². The predicted octanol–water partition coefficient (Wildman–Crippen LogP) is 3.03. The van der Waals surface area contributed by atoms with Gasteiger partial charge in [0.05, 0.1) is 0 Å². The summed E-state index contributed by atoms with van der Waals surface area (Å²) >= 11 is 0. The van der Waals surface area contributed by atoms with Crippen LogP contribution in [0.3, 0.4) is 0 Å². The second-order valence-electron chi connectivity index (χ2n) is 4.60. The van der Waals surface area contributed by atoms with Crippen molar-refractivity contribution in [2.24, 2.45) is 0 Å². The summed E-state index contributed by atoms with van der Waals surface area (Å²) in [5, 5.41) is 0. The van der Waals surface area contributed by atoms with Gasteiger partial charge < -0.3 is 13.3 Å². The third kappa shape index (κ3) is 3.20. The van der Waals surface area contributed by atoms with E-state index in [0.29, 0.717) is 0 Å². The third-order valence-electron chi connectivity index (χ3n) is 3.72. The van der Waals surface area contributed by atoms with Crippen molar-refractivity contribution in [3.63, 3.8) is 0 Å². The van der Waals surface area contributed by atoms with Crippen molar-refractivity contribution >= 4 is 8.80 Å². The van der Waals surface area contributed by atoms with Gasteiger partial charge in [0.25, 0.3) is 0 Å². The van der Waals surface area contributed by atoms with Crippen LogP contribution in [-0.4, -0.2) is 30.1 Å². The van der Waals surface area contributed by atoms with Gasteiger partial charge in [0.2, 0.25) is 0 Å². The normalized spacial score (nSPS) is 11.9. The molecule has 0 N–H and O–H groups in total. The van der Waals surface area contributed by atoms with Crippen LogP contribution < -0.4 is 0 Å². The van der Waals surface area contributed by atoms with Crippen molar-refractivity contribution in [2.45, 2.75) is 33.2 Å². The molecular formula is C14H24O3Si. The van der Waals surface area contributed by atoms with E-state index in [4.69, 9.17) is 13.3 Å². The molecule has 4 heteroatoms. The van der Waals surface area contributed by atoms with E-state index in [0.717, 1.165) is 12.5 Å². The topological polar surface area (TPSA) is 27.7 Å². The van der Waals surface area contributed by atoms with Gasteiger partial charge in [0, 0.05) is 27.4 Å². The Labute approximate surface area is 111 Å². The minimum Gasteiger partial charge on any atom is -0.377 e. The van der Waals surface area contributed by atoms with E-state index in [9.17, 15) is 0 Å². The van der Waals surface area contributed by atoms with E-state index < -0.39 is 8.80 Å². The molecule has 0 aliphatic rings. The predicted molar refractivity (Wildman–Crippen MR) is 75.9 cm³/mol. The average Bonchev–Trinajstić information content (AvgIpc) is 2.39. The van der Waals surface area contributed by atoms with Crippen LogP contribution in [0.2, 0.25) is 6.04 Å². The minimum atomic E-state index is -2.46. The molecule has 0 unspecified atom stereocenters. The summed E-state index contributed by atoms with van der Waals surface area (Å²) in [5.41, 5.74) is 5.40. The van der Waals surface area contributed by atoms with E-state index in [-0.39, 0.29) is 0 Å². The first-order chi connectivity index (χ1) is 8.49. The molecule has 0 fully saturated rings. The van der Waals surface area contributed by atoms with Crippen LogP contribution in [0.5, 0.6) is 0 Å². The largest absolute Gasteiger partial charge is 0.500 e. The average molecular weight is 268 g/mol. The van der Waals surface area contributed by atoms with Crippen LogP contribution >= 0.6 is 0 Å². The second-order valence-corrected chi connectivity index (χ2v) is 7.69. The summed E-state index contributed by atoms with van der Waals surface area (Å²) in [4.78, 5) is 0. The van der Waals surface area contributed by atoms with Crippen molar-refractivity contribution in [1.29, 1.82) is 0 Å². The molecule has 0 saturated carbocycles. The first kappa shape index (κ1) is 15.4. The third-order valence-corrected chi connectivity index (χ3v) is 6.45. The molecule has 102 valence electrons. The van der Waals surface area contributed by atoms with E-state index >= 15 is 0 Å². The molecule has 0 bridgehead atoms. The minimum absolute atomic E-state index is 0.807. The Hall–Kier alpha value is -0.683. The maximum Gasteiger partial charge on any atom is 0.500 e. The van der Waals surface area contributed by atoms with Gasteiger partial charge in [-0.1, -0.05) is 12.1 Å². The highest BCUT2D eigenvalue weighted by atomic mass is 28.4. The maximum absolute atomic E-state index is 5.46. The molecule has 0 atom stereocenters. The molecule has 1 aromatic carbocycles. The highest BCUT2D eigenvalue weighted by molar-refractivity contribution is 6.60. The monoisotopic (exact) mass is 268 g/mol. The Bertz CT molecular complexity index is 392. The smallest absolute Gasteiger partial charge is 0.377 e.